The average molecular weight is 354 g/mol. The first-order valence-corrected chi connectivity index (χ1v) is 8.37. The maximum Gasteiger partial charge on any atom is 0.266 e. The standard InChI is InChI=1S/C18H14N2O4S/c1-20-17(22)16(8-11-5-6-14-15(7-11)24-10-23-14)25-18(20)19-12-3-2-4-13(21)9-12/h2-9,21H,10H2,1H3/b16-8-,19-18?. The van der Waals surface area contributed by atoms with Crippen LogP contribution in [0.3, 0.4) is 0 Å². The van der Waals surface area contributed by atoms with E-state index in [1.807, 2.05) is 18.2 Å². The Labute approximate surface area is 148 Å². The molecule has 1 amide bonds. The fourth-order valence-corrected chi connectivity index (χ4v) is 3.47. The summed E-state index contributed by atoms with van der Waals surface area (Å²) in [6.07, 6.45) is 1.80. The zero-order valence-electron chi connectivity index (χ0n) is 13.3. The normalized spacial score (nSPS) is 19.2. The summed E-state index contributed by atoms with van der Waals surface area (Å²) >= 11 is 1.29. The summed E-state index contributed by atoms with van der Waals surface area (Å²) in [5.41, 5.74) is 1.44. The Kier molecular flexibility index (Phi) is 3.85. The molecule has 25 heavy (non-hydrogen) atoms. The number of aliphatic imine (C=N–C) groups is 1. The number of hydrogen-bond donors (Lipinski definition) is 1. The van der Waals surface area contributed by atoms with Crippen LogP contribution in [0.25, 0.3) is 6.08 Å². The van der Waals surface area contributed by atoms with Gasteiger partial charge in [0.2, 0.25) is 6.79 Å². The average Bonchev–Trinajstić information content (AvgIpc) is 3.15. The molecule has 1 N–H and O–H groups in total. The first-order chi connectivity index (χ1) is 12.1. The minimum atomic E-state index is -0.124. The summed E-state index contributed by atoms with van der Waals surface area (Å²) in [6, 6.07) is 12.1. The highest BCUT2D eigenvalue weighted by molar-refractivity contribution is 8.18. The Balaban J connectivity index is 1.62. The summed E-state index contributed by atoms with van der Waals surface area (Å²) in [5, 5.41) is 10.1. The number of ether oxygens (including phenoxy) is 2. The highest BCUT2D eigenvalue weighted by Gasteiger charge is 2.30. The van der Waals surface area contributed by atoms with Crippen molar-refractivity contribution in [1.82, 2.24) is 4.90 Å². The van der Waals surface area contributed by atoms with Crippen LogP contribution in [0.2, 0.25) is 0 Å². The van der Waals surface area contributed by atoms with E-state index < -0.39 is 0 Å². The van der Waals surface area contributed by atoms with Crippen molar-refractivity contribution in [2.45, 2.75) is 0 Å². The minimum Gasteiger partial charge on any atom is -0.508 e. The Bertz CT molecular complexity index is 923. The Morgan fingerprint density at radius 3 is 2.88 bits per heavy atom. The molecule has 0 radical (unpaired) electrons. The van der Waals surface area contributed by atoms with Crippen molar-refractivity contribution in [3.8, 4) is 17.2 Å². The molecule has 4 rings (SSSR count). The van der Waals surface area contributed by atoms with Gasteiger partial charge >= 0.3 is 0 Å². The van der Waals surface area contributed by atoms with Crippen LogP contribution in [0, 0.1) is 0 Å². The monoisotopic (exact) mass is 354 g/mol. The van der Waals surface area contributed by atoms with Gasteiger partial charge in [-0.25, -0.2) is 4.99 Å². The van der Waals surface area contributed by atoms with Crippen molar-refractivity contribution in [3.05, 3.63) is 52.9 Å². The molecule has 7 heteroatoms. The molecule has 1 saturated heterocycles. The first-order valence-electron chi connectivity index (χ1n) is 7.55. The van der Waals surface area contributed by atoms with E-state index in [0.29, 0.717) is 27.3 Å². The molecule has 2 aromatic rings. The van der Waals surface area contributed by atoms with Crippen molar-refractivity contribution in [2.24, 2.45) is 4.99 Å². The molecule has 2 aliphatic rings. The van der Waals surface area contributed by atoms with E-state index in [1.165, 1.54) is 16.7 Å². The molecule has 1 fully saturated rings. The van der Waals surface area contributed by atoms with Crippen LogP contribution in [0.1, 0.15) is 5.56 Å². The number of carbonyl (C=O) groups excluding carboxylic acids is 1. The number of phenolic OH excluding ortho intramolecular Hbond substituents is 1. The number of carbonyl (C=O) groups is 1. The number of fused-ring (bicyclic) bond motifs is 1. The van der Waals surface area contributed by atoms with Crippen LogP contribution in [-0.4, -0.2) is 34.9 Å². The van der Waals surface area contributed by atoms with Gasteiger partial charge in [-0.05, 0) is 47.7 Å². The summed E-state index contributed by atoms with van der Waals surface area (Å²) in [4.78, 5) is 19.0. The van der Waals surface area contributed by atoms with E-state index in [-0.39, 0.29) is 18.4 Å². The van der Waals surface area contributed by atoms with Gasteiger partial charge in [0.1, 0.15) is 5.75 Å². The number of phenols is 1. The number of benzene rings is 2. The second-order valence-electron chi connectivity index (χ2n) is 5.50. The van der Waals surface area contributed by atoms with Gasteiger partial charge in [-0.3, -0.25) is 9.69 Å². The predicted molar refractivity (Wildman–Crippen MR) is 96.1 cm³/mol. The van der Waals surface area contributed by atoms with Crippen LogP contribution >= 0.6 is 11.8 Å². The Morgan fingerprint density at radius 2 is 2.04 bits per heavy atom. The molecule has 0 aromatic heterocycles. The molecule has 0 aliphatic carbocycles. The largest absolute Gasteiger partial charge is 0.508 e. The first kappa shape index (κ1) is 15.6. The van der Waals surface area contributed by atoms with Crippen LogP contribution in [-0.2, 0) is 4.79 Å². The third-order valence-corrected chi connectivity index (χ3v) is 4.81. The van der Waals surface area contributed by atoms with E-state index >= 15 is 0 Å². The van der Waals surface area contributed by atoms with Crippen LogP contribution < -0.4 is 9.47 Å². The summed E-state index contributed by atoms with van der Waals surface area (Å²) in [6.45, 7) is 0.215. The van der Waals surface area contributed by atoms with Gasteiger partial charge in [-0.15, -0.1) is 0 Å². The highest BCUT2D eigenvalue weighted by atomic mass is 32.2. The van der Waals surface area contributed by atoms with Crippen LogP contribution in [0.15, 0.2) is 52.4 Å². The molecule has 0 atom stereocenters. The number of likely N-dealkylation sites (N-methyl/N-ethyl adjacent to an activating group) is 1. The number of rotatable bonds is 2. The third kappa shape index (κ3) is 3.06. The van der Waals surface area contributed by atoms with Crippen molar-refractivity contribution >= 4 is 34.6 Å². The lowest BCUT2D eigenvalue weighted by Crippen LogP contribution is -2.23. The summed E-state index contributed by atoms with van der Waals surface area (Å²) in [7, 11) is 1.68. The summed E-state index contributed by atoms with van der Waals surface area (Å²) < 4.78 is 10.7. The van der Waals surface area contributed by atoms with Gasteiger partial charge in [0.25, 0.3) is 5.91 Å². The highest BCUT2D eigenvalue weighted by Crippen LogP contribution is 2.36. The van der Waals surface area contributed by atoms with Gasteiger partial charge in [0.05, 0.1) is 10.6 Å². The molecule has 6 nitrogen and oxygen atoms in total. The molecular formula is C18H14N2O4S. The number of hydrogen-bond acceptors (Lipinski definition) is 6. The lowest BCUT2D eigenvalue weighted by molar-refractivity contribution is -0.121. The lowest BCUT2D eigenvalue weighted by Gasteiger charge is -2.07. The second-order valence-corrected chi connectivity index (χ2v) is 6.51. The van der Waals surface area contributed by atoms with Gasteiger partial charge in [0.15, 0.2) is 16.7 Å². The maximum atomic E-state index is 12.5. The van der Waals surface area contributed by atoms with Crippen LogP contribution in [0.4, 0.5) is 5.69 Å². The minimum absolute atomic E-state index is 0.124. The second kappa shape index (κ2) is 6.18. The topological polar surface area (TPSA) is 71.4 Å². The number of amidine groups is 1. The van der Waals surface area contributed by atoms with Gasteiger partial charge in [-0.2, -0.15) is 0 Å². The maximum absolute atomic E-state index is 12.5. The van der Waals surface area contributed by atoms with Crippen molar-refractivity contribution in [2.75, 3.05) is 13.8 Å². The van der Waals surface area contributed by atoms with E-state index in [2.05, 4.69) is 4.99 Å². The number of nitrogens with zero attached hydrogens (tertiary/aromatic N) is 2. The van der Waals surface area contributed by atoms with E-state index in [4.69, 9.17) is 9.47 Å². The molecule has 0 unspecified atom stereocenters. The van der Waals surface area contributed by atoms with Crippen LogP contribution in [0.5, 0.6) is 17.2 Å². The number of amides is 1. The third-order valence-electron chi connectivity index (χ3n) is 3.75. The Morgan fingerprint density at radius 1 is 1.20 bits per heavy atom. The molecule has 2 aliphatic heterocycles. The van der Waals surface area contributed by atoms with E-state index in [9.17, 15) is 9.90 Å². The SMILES string of the molecule is CN1C(=O)/C(=C/c2ccc3c(c2)OCO3)SC1=Nc1cccc(O)c1. The van der Waals surface area contributed by atoms with Crippen molar-refractivity contribution in [1.29, 1.82) is 0 Å². The van der Waals surface area contributed by atoms with Gasteiger partial charge < -0.3 is 14.6 Å². The van der Waals surface area contributed by atoms with E-state index in [0.717, 1.165) is 5.56 Å². The zero-order chi connectivity index (χ0) is 17.4. The van der Waals surface area contributed by atoms with Crippen molar-refractivity contribution in [3.63, 3.8) is 0 Å². The molecular weight excluding hydrogens is 340 g/mol. The smallest absolute Gasteiger partial charge is 0.266 e. The zero-order valence-corrected chi connectivity index (χ0v) is 14.1. The van der Waals surface area contributed by atoms with Gasteiger partial charge in [0, 0.05) is 13.1 Å². The molecule has 0 saturated carbocycles. The molecule has 2 aromatic carbocycles. The summed E-state index contributed by atoms with van der Waals surface area (Å²) in [5.74, 6) is 1.39. The Hall–Kier alpha value is -2.93. The fourth-order valence-electron chi connectivity index (χ4n) is 2.48. The lowest BCUT2D eigenvalue weighted by atomic mass is 10.2. The molecule has 126 valence electrons. The molecule has 0 bridgehead atoms. The van der Waals surface area contributed by atoms with E-state index in [1.54, 1.807) is 37.4 Å². The molecule has 0 spiro atoms. The number of aromatic hydroxyl groups is 1. The fraction of sp³-hybridized carbons (Fsp3) is 0.111. The quantitative estimate of drug-likeness (QED) is 0.838. The number of thioether (sulfide) groups is 1. The van der Waals surface area contributed by atoms with Gasteiger partial charge in [-0.1, -0.05) is 12.1 Å². The van der Waals surface area contributed by atoms with Crippen molar-refractivity contribution < 1.29 is 19.4 Å². The molecule has 2 heterocycles. The predicted octanol–water partition coefficient (Wildman–Crippen LogP) is 3.35.